The highest BCUT2D eigenvalue weighted by molar-refractivity contribution is 5.95. The second-order valence-corrected chi connectivity index (χ2v) is 11.1. The zero-order valence-electron chi connectivity index (χ0n) is 25.8. The number of esters is 2. The quantitative estimate of drug-likeness (QED) is 0.230. The van der Waals surface area contributed by atoms with Crippen LogP contribution < -0.4 is 15.0 Å². The Bertz CT molecular complexity index is 1470. The summed E-state index contributed by atoms with van der Waals surface area (Å²) in [5.74, 6) is -1.26. The second kappa shape index (κ2) is 16.3. The van der Waals surface area contributed by atoms with Crippen LogP contribution in [0.2, 0.25) is 0 Å². The number of methoxy groups -OCH3 is 1. The summed E-state index contributed by atoms with van der Waals surface area (Å²) < 4.78 is 16.4. The minimum Gasteiger partial charge on any atom is -0.497 e. The molecule has 1 amide bonds. The minimum absolute atomic E-state index is 0.0227. The third kappa shape index (κ3) is 9.30. The zero-order chi connectivity index (χ0) is 32.2. The first-order valence-electron chi connectivity index (χ1n) is 14.9. The highest BCUT2D eigenvalue weighted by Gasteiger charge is 2.36. The van der Waals surface area contributed by atoms with Crippen molar-refractivity contribution in [3.8, 4) is 5.75 Å². The highest BCUT2D eigenvalue weighted by atomic mass is 16.5. The predicted octanol–water partition coefficient (Wildman–Crippen LogP) is 4.87. The van der Waals surface area contributed by atoms with E-state index < -0.39 is 36.0 Å². The van der Waals surface area contributed by atoms with E-state index >= 15 is 0 Å². The normalized spacial score (nSPS) is 22.0. The van der Waals surface area contributed by atoms with E-state index in [1.807, 2.05) is 62.4 Å². The van der Waals surface area contributed by atoms with Crippen LogP contribution in [0.5, 0.6) is 5.75 Å². The van der Waals surface area contributed by atoms with Crippen LogP contribution in [0.15, 0.2) is 103 Å². The first-order chi connectivity index (χ1) is 21.8. The van der Waals surface area contributed by atoms with Crippen LogP contribution in [0.1, 0.15) is 37.4 Å². The van der Waals surface area contributed by atoms with Crippen molar-refractivity contribution < 1.29 is 33.7 Å². The van der Waals surface area contributed by atoms with Gasteiger partial charge in [0, 0.05) is 5.69 Å². The lowest BCUT2D eigenvalue weighted by molar-refractivity contribution is -0.148. The molecule has 0 radical (unpaired) electrons. The Labute approximate surface area is 264 Å². The maximum Gasteiger partial charge on any atom is 0.336 e. The largest absolute Gasteiger partial charge is 0.497 e. The van der Waals surface area contributed by atoms with Crippen LogP contribution in [0.4, 0.5) is 5.69 Å². The Balaban J connectivity index is 1.88. The molecule has 9 heteroatoms. The van der Waals surface area contributed by atoms with Crippen molar-refractivity contribution in [1.82, 2.24) is 5.32 Å². The average Bonchev–Trinajstić information content (AvgIpc) is 3.05. The van der Waals surface area contributed by atoms with E-state index in [4.69, 9.17) is 14.2 Å². The smallest absolute Gasteiger partial charge is 0.336 e. The maximum atomic E-state index is 13.8. The van der Waals surface area contributed by atoms with Gasteiger partial charge in [0.25, 0.3) is 5.91 Å². The molecule has 0 aromatic heterocycles. The van der Waals surface area contributed by atoms with Gasteiger partial charge in [-0.15, -0.1) is 0 Å². The molecule has 0 saturated carbocycles. The summed E-state index contributed by atoms with van der Waals surface area (Å²) in [7, 11) is 1.56. The number of carbonyl (C=O) groups is 3. The second-order valence-electron chi connectivity index (χ2n) is 11.1. The van der Waals surface area contributed by atoms with Gasteiger partial charge in [0.15, 0.2) is 6.10 Å². The number of ether oxygens (including phenoxy) is 3. The summed E-state index contributed by atoms with van der Waals surface area (Å²) in [6, 6.07) is 23.6. The molecule has 0 bridgehead atoms. The SMILES string of the molecule is COc1ccc(N2C/C(=C/c3ccccc3)C(=O)OC/C=C/COC(=O)[C@H](CC(C)C)NC(=O)[C@@H](O)[C@@H]2c2ccccc2)cc1. The summed E-state index contributed by atoms with van der Waals surface area (Å²) in [6.07, 6.45) is 3.58. The molecule has 2 N–H and O–H groups in total. The van der Waals surface area contributed by atoms with Crippen LogP contribution in [-0.2, 0) is 23.9 Å². The topological polar surface area (TPSA) is 114 Å². The Morgan fingerprint density at radius 1 is 0.911 bits per heavy atom. The molecule has 0 aliphatic carbocycles. The third-order valence-electron chi connectivity index (χ3n) is 7.30. The summed E-state index contributed by atoms with van der Waals surface area (Å²) >= 11 is 0. The van der Waals surface area contributed by atoms with Crippen LogP contribution in [0, 0.1) is 5.92 Å². The van der Waals surface area contributed by atoms with Gasteiger partial charge in [-0.3, -0.25) is 4.79 Å². The molecule has 3 atom stereocenters. The predicted molar refractivity (Wildman–Crippen MR) is 172 cm³/mol. The monoisotopic (exact) mass is 612 g/mol. The summed E-state index contributed by atoms with van der Waals surface area (Å²) in [6.45, 7) is 3.74. The first kappa shape index (κ1) is 33.0. The van der Waals surface area contributed by atoms with Crippen molar-refractivity contribution in [2.75, 3.05) is 31.8 Å². The Kier molecular flexibility index (Phi) is 11.9. The molecule has 236 valence electrons. The fourth-order valence-corrected chi connectivity index (χ4v) is 5.08. The Hall–Kier alpha value is -4.89. The number of aliphatic hydroxyl groups is 1. The van der Waals surface area contributed by atoms with Gasteiger partial charge < -0.3 is 29.5 Å². The van der Waals surface area contributed by atoms with Crippen LogP contribution >= 0.6 is 0 Å². The van der Waals surface area contributed by atoms with Gasteiger partial charge >= 0.3 is 11.9 Å². The fraction of sp³-hybridized carbons (Fsp3) is 0.306. The number of carbonyl (C=O) groups excluding carboxylic acids is 3. The van der Waals surface area contributed by atoms with Crippen molar-refractivity contribution >= 4 is 29.6 Å². The van der Waals surface area contributed by atoms with E-state index in [1.165, 1.54) is 0 Å². The zero-order valence-corrected chi connectivity index (χ0v) is 25.8. The van der Waals surface area contributed by atoms with E-state index in [0.717, 1.165) is 5.56 Å². The van der Waals surface area contributed by atoms with Crippen molar-refractivity contribution in [3.63, 3.8) is 0 Å². The molecule has 0 spiro atoms. The molecular weight excluding hydrogens is 572 g/mol. The number of hydrogen-bond acceptors (Lipinski definition) is 8. The number of amides is 1. The van der Waals surface area contributed by atoms with Crippen LogP contribution in [0.3, 0.4) is 0 Å². The van der Waals surface area contributed by atoms with E-state index in [2.05, 4.69) is 5.32 Å². The number of nitrogens with zero attached hydrogens (tertiary/aromatic N) is 1. The Morgan fingerprint density at radius 2 is 1.53 bits per heavy atom. The first-order valence-corrected chi connectivity index (χ1v) is 14.9. The van der Waals surface area contributed by atoms with E-state index in [-0.39, 0.29) is 25.7 Å². The van der Waals surface area contributed by atoms with Gasteiger partial charge in [-0.25, -0.2) is 9.59 Å². The van der Waals surface area contributed by atoms with Gasteiger partial charge in [-0.1, -0.05) is 74.5 Å². The number of hydrogen-bond donors (Lipinski definition) is 2. The number of rotatable bonds is 6. The maximum absolute atomic E-state index is 13.8. The van der Waals surface area contributed by atoms with E-state index in [0.29, 0.717) is 29.0 Å². The number of anilines is 1. The lowest BCUT2D eigenvalue weighted by atomic mass is 9.96. The van der Waals surface area contributed by atoms with Gasteiger partial charge in [0.1, 0.15) is 25.0 Å². The van der Waals surface area contributed by atoms with Crippen molar-refractivity contribution in [3.05, 3.63) is 114 Å². The van der Waals surface area contributed by atoms with E-state index in [9.17, 15) is 19.5 Å². The summed E-state index contributed by atoms with van der Waals surface area (Å²) in [4.78, 5) is 42.2. The van der Waals surface area contributed by atoms with Crippen molar-refractivity contribution in [1.29, 1.82) is 0 Å². The molecule has 0 saturated heterocycles. The average molecular weight is 613 g/mol. The molecule has 1 aliphatic rings. The number of nitrogens with one attached hydrogen (secondary N) is 1. The third-order valence-corrected chi connectivity index (χ3v) is 7.30. The molecule has 0 unspecified atom stereocenters. The standard InChI is InChI=1S/C36H40N2O7/c1-25(2)22-31-36(42)45-21-11-10-20-44-35(41)28(23-26-12-6-4-7-13-26)24-38(29-16-18-30(43-3)19-17-29)32(33(39)34(40)37-31)27-14-8-5-9-15-27/h4-19,23,25,31-33,39H,20-22,24H2,1-3H3,(H,37,40)/b11-10+,28-23-/t31-,32-,33-/m0/s1. The van der Waals surface area contributed by atoms with Gasteiger partial charge in [0.2, 0.25) is 0 Å². The minimum atomic E-state index is -1.65. The van der Waals surface area contributed by atoms with Crippen molar-refractivity contribution in [2.24, 2.45) is 5.92 Å². The van der Waals surface area contributed by atoms with Gasteiger partial charge in [0.05, 0.1) is 25.3 Å². The molecule has 1 aliphatic heterocycles. The number of aliphatic hydroxyl groups excluding tert-OH is 1. The molecule has 9 nitrogen and oxygen atoms in total. The molecule has 3 aromatic carbocycles. The molecular formula is C36H40N2O7. The number of benzene rings is 3. The molecule has 3 aromatic rings. The van der Waals surface area contributed by atoms with Crippen LogP contribution in [0.25, 0.3) is 6.08 Å². The van der Waals surface area contributed by atoms with E-state index in [1.54, 1.807) is 66.6 Å². The molecule has 0 fully saturated rings. The van der Waals surface area contributed by atoms with Crippen LogP contribution in [-0.4, -0.2) is 62.0 Å². The summed E-state index contributed by atoms with van der Waals surface area (Å²) in [5, 5.41) is 14.6. The van der Waals surface area contributed by atoms with Gasteiger partial charge in [-0.05, 0) is 66.0 Å². The summed E-state index contributed by atoms with van der Waals surface area (Å²) in [5.41, 5.74) is 2.31. The molecule has 4 rings (SSSR count). The van der Waals surface area contributed by atoms with Gasteiger partial charge in [-0.2, -0.15) is 0 Å². The lowest BCUT2D eigenvalue weighted by Gasteiger charge is -2.37. The fourth-order valence-electron chi connectivity index (χ4n) is 5.08. The number of cyclic esters (lactones) is 2. The molecule has 1 heterocycles. The highest BCUT2D eigenvalue weighted by Crippen LogP contribution is 2.33. The lowest BCUT2D eigenvalue weighted by Crippen LogP contribution is -2.51. The van der Waals surface area contributed by atoms with Crippen molar-refractivity contribution in [2.45, 2.75) is 38.5 Å². The Morgan fingerprint density at radius 3 is 2.16 bits per heavy atom. The molecule has 45 heavy (non-hydrogen) atoms.